The molecule has 0 spiro atoms. The van der Waals surface area contributed by atoms with E-state index in [0.29, 0.717) is 17.1 Å². The van der Waals surface area contributed by atoms with Crippen LogP contribution in [0, 0.1) is 0 Å². The highest BCUT2D eigenvalue weighted by atomic mass is 19.4. The second-order valence-corrected chi connectivity index (χ2v) is 8.50. The molecule has 11 heteroatoms. The summed E-state index contributed by atoms with van der Waals surface area (Å²) in [5.41, 5.74) is 0.298. The highest BCUT2D eigenvalue weighted by molar-refractivity contribution is 5.61. The highest BCUT2D eigenvalue weighted by Gasteiger charge is 2.36. The number of anilines is 3. The van der Waals surface area contributed by atoms with Crippen LogP contribution in [0.1, 0.15) is 43.0 Å². The van der Waals surface area contributed by atoms with Gasteiger partial charge < -0.3 is 15.4 Å². The summed E-state index contributed by atoms with van der Waals surface area (Å²) in [5, 5.41) is 14.7. The summed E-state index contributed by atoms with van der Waals surface area (Å²) in [6.45, 7) is 0. The zero-order valence-corrected chi connectivity index (χ0v) is 19.0. The van der Waals surface area contributed by atoms with Crippen LogP contribution < -0.4 is 15.4 Å². The molecular weight excluding hydrogens is 459 g/mol. The fraction of sp³-hybridized carbons (Fsp3) is 0.333. The Balaban J connectivity index is 1.35. The van der Waals surface area contributed by atoms with E-state index in [1.165, 1.54) is 0 Å². The van der Waals surface area contributed by atoms with Crippen molar-refractivity contribution >= 4 is 23.1 Å². The molecule has 0 unspecified atom stereocenters. The van der Waals surface area contributed by atoms with Crippen molar-refractivity contribution < 1.29 is 17.9 Å². The zero-order chi connectivity index (χ0) is 24.4. The summed E-state index contributed by atoms with van der Waals surface area (Å²) in [7, 11) is 1.60. The van der Waals surface area contributed by atoms with Crippen molar-refractivity contribution in [2.45, 2.75) is 43.8 Å². The smallest absolute Gasteiger partial charge is 0.421 e. The molecule has 182 valence electrons. The number of pyridine rings is 1. The number of methoxy groups -OCH3 is 1. The summed E-state index contributed by atoms with van der Waals surface area (Å²) in [6.07, 6.45) is 1.60. The van der Waals surface area contributed by atoms with Gasteiger partial charge in [0.05, 0.1) is 7.11 Å². The van der Waals surface area contributed by atoms with Gasteiger partial charge in [-0.3, -0.25) is 4.40 Å². The first-order valence-corrected chi connectivity index (χ1v) is 11.3. The van der Waals surface area contributed by atoms with Crippen LogP contribution >= 0.6 is 0 Å². The van der Waals surface area contributed by atoms with Crippen LogP contribution in [0.3, 0.4) is 0 Å². The number of benzene rings is 1. The quantitative estimate of drug-likeness (QED) is 0.378. The molecule has 3 aromatic heterocycles. The summed E-state index contributed by atoms with van der Waals surface area (Å²) < 4.78 is 47.9. The van der Waals surface area contributed by atoms with Gasteiger partial charge in [-0.2, -0.15) is 18.2 Å². The molecule has 0 bridgehead atoms. The first kappa shape index (κ1) is 22.9. The molecule has 0 saturated heterocycles. The molecule has 35 heavy (non-hydrogen) atoms. The Hall–Kier alpha value is -3.89. The predicted octanol–water partition coefficient (Wildman–Crippen LogP) is 5.43. The lowest BCUT2D eigenvalue weighted by atomic mass is 9.85. The van der Waals surface area contributed by atoms with E-state index in [-0.39, 0.29) is 23.7 Å². The molecule has 1 aromatic carbocycles. The van der Waals surface area contributed by atoms with Crippen LogP contribution in [-0.4, -0.2) is 37.7 Å². The minimum Gasteiger partial charge on any atom is -0.497 e. The molecule has 0 radical (unpaired) electrons. The number of para-hydroxylation sites is 1. The number of nitrogens with zero attached hydrogens (tertiary/aromatic N) is 5. The Labute approximate surface area is 199 Å². The lowest BCUT2D eigenvalue weighted by Gasteiger charge is -2.29. The summed E-state index contributed by atoms with van der Waals surface area (Å²) in [5.74, 6) is 1.57. The van der Waals surface area contributed by atoms with Crippen LogP contribution in [0.25, 0.3) is 5.65 Å². The molecule has 8 nitrogen and oxygen atoms in total. The van der Waals surface area contributed by atoms with E-state index in [0.717, 1.165) is 37.7 Å². The molecule has 2 N–H and O–H groups in total. The third-order valence-electron chi connectivity index (χ3n) is 6.15. The number of rotatable bonds is 6. The maximum atomic E-state index is 13.6. The normalized spacial score (nSPS) is 18.4. The lowest BCUT2D eigenvalue weighted by molar-refractivity contribution is -0.137. The van der Waals surface area contributed by atoms with Crippen molar-refractivity contribution in [1.82, 2.24) is 24.6 Å². The van der Waals surface area contributed by atoms with Crippen LogP contribution in [-0.2, 0) is 6.18 Å². The Morgan fingerprint density at radius 1 is 1.09 bits per heavy atom. The molecule has 0 amide bonds. The minimum absolute atomic E-state index is 0.0133. The van der Waals surface area contributed by atoms with Gasteiger partial charge in [0.15, 0.2) is 5.65 Å². The molecule has 3 heterocycles. The molecule has 0 aliphatic heterocycles. The first-order chi connectivity index (χ1) is 16.9. The average molecular weight is 483 g/mol. The monoisotopic (exact) mass is 483 g/mol. The van der Waals surface area contributed by atoms with Gasteiger partial charge in [-0.05, 0) is 37.5 Å². The Morgan fingerprint density at radius 3 is 2.69 bits per heavy atom. The van der Waals surface area contributed by atoms with Gasteiger partial charge in [0.2, 0.25) is 5.95 Å². The van der Waals surface area contributed by atoms with Crippen LogP contribution in [0.15, 0.2) is 54.9 Å². The fourth-order valence-electron chi connectivity index (χ4n) is 4.45. The Kier molecular flexibility index (Phi) is 6.14. The average Bonchev–Trinajstić information content (AvgIpc) is 3.27. The van der Waals surface area contributed by atoms with Crippen molar-refractivity contribution in [3.05, 3.63) is 66.2 Å². The van der Waals surface area contributed by atoms with E-state index in [9.17, 15) is 13.2 Å². The third kappa shape index (κ3) is 4.98. The van der Waals surface area contributed by atoms with E-state index in [4.69, 9.17) is 4.74 Å². The molecular formula is C24H24F3N7O. The molecule has 1 aliphatic rings. The number of ether oxygens (including phenoxy) is 1. The first-order valence-electron chi connectivity index (χ1n) is 11.3. The van der Waals surface area contributed by atoms with E-state index < -0.39 is 11.7 Å². The number of halogens is 3. The van der Waals surface area contributed by atoms with Crippen molar-refractivity contribution in [3.63, 3.8) is 0 Å². The van der Waals surface area contributed by atoms with Crippen LogP contribution in [0.2, 0.25) is 0 Å². The standard InChI is InChI=1S/C24H24F3N7O/c1-35-18-10-11-34-20(13-18)32-33-22(34)15-6-5-9-17(12-15)30-23-28-14-19(24(25,26)27)21(31-23)29-16-7-3-2-4-8-16/h2-4,7-8,10-11,13-15,17H,5-6,9,12H2,1H3,(H2,28,29,30,31)/t15-,17+/m0/s1. The van der Waals surface area contributed by atoms with E-state index in [1.807, 2.05) is 22.7 Å². The number of hydrogen-bond acceptors (Lipinski definition) is 7. The van der Waals surface area contributed by atoms with Crippen molar-refractivity contribution in [3.8, 4) is 5.75 Å². The molecule has 5 rings (SSSR count). The Bertz CT molecular complexity index is 1310. The van der Waals surface area contributed by atoms with Gasteiger partial charge in [-0.1, -0.05) is 24.6 Å². The van der Waals surface area contributed by atoms with Gasteiger partial charge in [-0.25, -0.2) is 4.98 Å². The largest absolute Gasteiger partial charge is 0.497 e. The van der Waals surface area contributed by atoms with Crippen molar-refractivity contribution in [1.29, 1.82) is 0 Å². The van der Waals surface area contributed by atoms with Crippen LogP contribution in [0.4, 0.5) is 30.6 Å². The predicted molar refractivity (Wildman–Crippen MR) is 125 cm³/mol. The maximum Gasteiger partial charge on any atom is 0.421 e. The van der Waals surface area contributed by atoms with E-state index in [1.54, 1.807) is 37.4 Å². The van der Waals surface area contributed by atoms with Gasteiger partial charge in [0.1, 0.15) is 23.0 Å². The topological polar surface area (TPSA) is 89.3 Å². The number of nitrogens with one attached hydrogen (secondary N) is 2. The lowest BCUT2D eigenvalue weighted by Crippen LogP contribution is -2.28. The van der Waals surface area contributed by atoms with Crippen LogP contribution in [0.5, 0.6) is 5.75 Å². The molecule has 1 fully saturated rings. The molecule has 1 aliphatic carbocycles. The third-order valence-corrected chi connectivity index (χ3v) is 6.15. The number of fused-ring (bicyclic) bond motifs is 1. The highest BCUT2D eigenvalue weighted by Crippen LogP contribution is 2.36. The summed E-state index contributed by atoms with van der Waals surface area (Å²) >= 11 is 0. The number of alkyl halides is 3. The maximum absolute atomic E-state index is 13.6. The second-order valence-electron chi connectivity index (χ2n) is 8.50. The van der Waals surface area contributed by atoms with Gasteiger partial charge >= 0.3 is 6.18 Å². The number of aromatic nitrogens is 5. The second kappa shape index (κ2) is 9.40. The van der Waals surface area contributed by atoms with Gasteiger partial charge in [-0.15, -0.1) is 10.2 Å². The summed E-state index contributed by atoms with van der Waals surface area (Å²) in [4.78, 5) is 8.15. The molecule has 4 aromatic rings. The fourth-order valence-corrected chi connectivity index (χ4v) is 4.45. The SMILES string of the molecule is COc1ccn2c([C@H]3CCC[C@@H](Nc4ncc(C(F)(F)F)c(Nc5ccccc5)n4)C3)nnc2c1. The number of hydrogen-bond donors (Lipinski definition) is 2. The minimum atomic E-state index is -4.58. The van der Waals surface area contributed by atoms with E-state index in [2.05, 4.69) is 30.8 Å². The summed E-state index contributed by atoms with van der Waals surface area (Å²) in [6, 6.07) is 12.3. The van der Waals surface area contributed by atoms with Gasteiger partial charge in [0, 0.05) is 36.1 Å². The zero-order valence-electron chi connectivity index (χ0n) is 19.0. The van der Waals surface area contributed by atoms with Crippen molar-refractivity contribution in [2.24, 2.45) is 0 Å². The van der Waals surface area contributed by atoms with E-state index >= 15 is 0 Å². The molecule has 2 atom stereocenters. The molecule has 1 saturated carbocycles. The Morgan fingerprint density at radius 2 is 1.91 bits per heavy atom. The van der Waals surface area contributed by atoms with Crippen molar-refractivity contribution in [2.75, 3.05) is 17.7 Å². The van der Waals surface area contributed by atoms with Gasteiger partial charge in [0.25, 0.3) is 0 Å².